The zero-order valence-corrected chi connectivity index (χ0v) is 9.56. The topological polar surface area (TPSA) is 38.0 Å². The minimum absolute atomic E-state index is 0.235. The van der Waals surface area contributed by atoms with Crippen molar-refractivity contribution in [3.05, 3.63) is 23.8 Å². The molecular formula is C12H15F3N2. The molecule has 0 bridgehead atoms. The summed E-state index contributed by atoms with van der Waals surface area (Å²) in [6.45, 7) is 2.82. The molecule has 0 unspecified atom stereocenters. The fourth-order valence-electron chi connectivity index (χ4n) is 1.62. The van der Waals surface area contributed by atoms with E-state index >= 15 is 0 Å². The second-order valence-electron chi connectivity index (χ2n) is 4.96. The molecule has 2 rings (SSSR count). The molecule has 0 aromatic heterocycles. The Morgan fingerprint density at radius 3 is 2.53 bits per heavy atom. The van der Waals surface area contributed by atoms with Gasteiger partial charge in [0.1, 0.15) is 0 Å². The van der Waals surface area contributed by atoms with Crippen molar-refractivity contribution in [1.29, 1.82) is 0 Å². The molecule has 94 valence electrons. The van der Waals surface area contributed by atoms with Crippen LogP contribution in [0, 0.1) is 5.41 Å². The van der Waals surface area contributed by atoms with Crippen LogP contribution in [-0.4, -0.2) is 6.54 Å². The monoisotopic (exact) mass is 244 g/mol. The molecule has 0 saturated heterocycles. The average molecular weight is 244 g/mol. The van der Waals surface area contributed by atoms with Crippen molar-refractivity contribution in [3.8, 4) is 0 Å². The van der Waals surface area contributed by atoms with Gasteiger partial charge in [0.2, 0.25) is 0 Å². The second kappa shape index (κ2) is 3.82. The minimum atomic E-state index is -4.40. The van der Waals surface area contributed by atoms with Crippen LogP contribution >= 0.6 is 0 Å². The first-order valence-electron chi connectivity index (χ1n) is 5.51. The molecule has 2 nitrogen and oxygen atoms in total. The van der Waals surface area contributed by atoms with Gasteiger partial charge in [0.25, 0.3) is 0 Å². The Labute approximate surface area is 98.0 Å². The molecule has 0 amide bonds. The summed E-state index contributed by atoms with van der Waals surface area (Å²) < 4.78 is 37.8. The first-order chi connectivity index (χ1) is 7.80. The van der Waals surface area contributed by atoms with Crippen LogP contribution in [0.2, 0.25) is 0 Å². The normalized spacial score (nSPS) is 17.9. The van der Waals surface area contributed by atoms with Gasteiger partial charge in [-0.15, -0.1) is 0 Å². The summed E-state index contributed by atoms with van der Waals surface area (Å²) >= 11 is 0. The molecule has 0 heterocycles. The SMILES string of the molecule is CC1(CNc2ccc(N)c(C(F)(F)F)c2)CC1. The van der Waals surface area contributed by atoms with Crippen molar-refractivity contribution in [1.82, 2.24) is 0 Å². The Morgan fingerprint density at radius 2 is 2.00 bits per heavy atom. The van der Waals surface area contributed by atoms with Gasteiger partial charge in [-0.3, -0.25) is 0 Å². The highest BCUT2D eigenvalue weighted by molar-refractivity contribution is 5.58. The summed E-state index contributed by atoms with van der Waals surface area (Å²) in [5, 5.41) is 3.03. The van der Waals surface area contributed by atoms with E-state index in [-0.39, 0.29) is 11.1 Å². The van der Waals surface area contributed by atoms with Crippen LogP contribution in [0.3, 0.4) is 0 Å². The molecule has 0 aliphatic heterocycles. The number of hydrogen-bond donors (Lipinski definition) is 2. The quantitative estimate of drug-likeness (QED) is 0.798. The van der Waals surface area contributed by atoms with Gasteiger partial charge in [0.15, 0.2) is 0 Å². The molecule has 5 heteroatoms. The highest BCUT2D eigenvalue weighted by Crippen LogP contribution is 2.45. The van der Waals surface area contributed by atoms with E-state index in [1.54, 1.807) is 6.07 Å². The molecule has 3 N–H and O–H groups in total. The van der Waals surface area contributed by atoms with Crippen LogP contribution in [0.5, 0.6) is 0 Å². The number of anilines is 2. The summed E-state index contributed by atoms with van der Waals surface area (Å²) in [6, 6.07) is 3.94. The molecule has 1 saturated carbocycles. The molecule has 0 spiro atoms. The zero-order chi connectivity index (χ0) is 12.7. The minimum Gasteiger partial charge on any atom is -0.398 e. The van der Waals surface area contributed by atoms with E-state index < -0.39 is 11.7 Å². The summed E-state index contributed by atoms with van der Waals surface area (Å²) in [7, 11) is 0. The maximum Gasteiger partial charge on any atom is 0.418 e. The number of nitrogens with two attached hydrogens (primary N) is 1. The van der Waals surface area contributed by atoms with Gasteiger partial charge in [-0.25, -0.2) is 0 Å². The third kappa shape index (κ3) is 2.84. The molecule has 1 aromatic rings. The van der Waals surface area contributed by atoms with Crippen LogP contribution in [-0.2, 0) is 6.18 Å². The smallest absolute Gasteiger partial charge is 0.398 e. The van der Waals surface area contributed by atoms with Gasteiger partial charge in [-0.05, 0) is 36.5 Å². The van der Waals surface area contributed by atoms with Crippen LogP contribution < -0.4 is 11.1 Å². The lowest BCUT2D eigenvalue weighted by molar-refractivity contribution is -0.136. The standard InChI is InChI=1S/C12H15F3N2/c1-11(4-5-11)7-17-8-2-3-10(16)9(6-8)12(13,14)15/h2-3,6,17H,4-5,7,16H2,1H3. The first kappa shape index (κ1) is 12.1. The fourth-order valence-corrected chi connectivity index (χ4v) is 1.62. The predicted octanol–water partition coefficient (Wildman–Crippen LogP) is 3.50. The summed E-state index contributed by atoms with van der Waals surface area (Å²) in [6.07, 6.45) is -2.15. The van der Waals surface area contributed by atoms with Crippen LogP contribution in [0.15, 0.2) is 18.2 Å². The number of benzene rings is 1. The number of nitrogen functional groups attached to an aromatic ring is 1. The lowest BCUT2D eigenvalue weighted by atomic mass is 10.1. The van der Waals surface area contributed by atoms with Crippen molar-refractivity contribution >= 4 is 11.4 Å². The van der Waals surface area contributed by atoms with Gasteiger partial charge in [0, 0.05) is 17.9 Å². The largest absolute Gasteiger partial charge is 0.418 e. The van der Waals surface area contributed by atoms with E-state index in [0.717, 1.165) is 18.9 Å². The third-order valence-corrected chi connectivity index (χ3v) is 3.18. The maximum atomic E-state index is 12.6. The maximum absolute atomic E-state index is 12.6. The molecule has 0 atom stereocenters. The van der Waals surface area contributed by atoms with Crippen LogP contribution in [0.25, 0.3) is 0 Å². The van der Waals surface area contributed by atoms with Gasteiger partial charge in [-0.1, -0.05) is 6.92 Å². The number of hydrogen-bond acceptors (Lipinski definition) is 2. The molecule has 0 radical (unpaired) electrons. The molecule has 1 fully saturated rings. The highest BCUT2D eigenvalue weighted by atomic mass is 19.4. The van der Waals surface area contributed by atoms with Gasteiger partial charge in [0.05, 0.1) is 5.56 Å². The predicted molar refractivity (Wildman–Crippen MR) is 61.7 cm³/mol. The molecule has 1 aliphatic rings. The molecule has 1 aromatic carbocycles. The van der Waals surface area contributed by atoms with E-state index in [0.29, 0.717) is 12.2 Å². The zero-order valence-electron chi connectivity index (χ0n) is 9.56. The van der Waals surface area contributed by atoms with Gasteiger partial charge in [-0.2, -0.15) is 13.2 Å². The van der Waals surface area contributed by atoms with Crippen molar-refractivity contribution in [3.63, 3.8) is 0 Å². The summed E-state index contributed by atoms with van der Waals surface area (Å²) in [4.78, 5) is 0. The summed E-state index contributed by atoms with van der Waals surface area (Å²) in [5.41, 5.74) is 5.03. The van der Waals surface area contributed by atoms with Gasteiger partial charge >= 0.3 is 6.18 Å². The second-order valence-corrected chi connectivity index (χ2v) is 4.96. The van der Waals surface area contributed by atoms with E-state index in [4.69, 9.17) is 5.73 Å². The molecule has 1 aliphatic carbocycles. The van der Waals surface area contributed by atoms with E-state index in [1.807, 2.05) is 0 Å². The van der Waals surface area contributed by atoms with Crippen molar-refractivity contribution in [2.45, 2.75) is 25.9 Å². The van der Waals surface area contributed by atoms with Crippen molar-refractivity contribution in [2.24, 2.45) is 5.41 Å². The van der Waals surface area contributed by atoms with E-state index in [9.17, 15) is 13.2 Å². The third-order valence-electron chi connectivity index (χ3n) is 3.18. The summed E-state index contributed by atoms with van der Waals surface area (Å²) in [5.74, 6) is 0. The van der Waals surface area contributed by atoms with E-state index in [2.05, 4.69) is 12.2 Å². The Hall–Kier alpha value is -1.39. The number of halogens is 3. The number of nitrogens with one attached hydrogen (secondary N) is 1. The Balaban J connectivity index is 2.13. The van der Waals surface area contributed by atoms with Gasteiger partial charge < -0.3 is 11.1 Å². The molecule has 17 heavy (non-hydrogen) atoms. The Morgan fingerprint density at radius 1 is 1.35 bits per heavy atom. The molecular weight excluding hydrogens is 229 g/mol. The van der Waals surface area contributed by atoms with Crippen molar-refractivity contribution in [2.75, 3.05) is 17.6 Å². The average Bonchev–Trinajstić information content (AvgIpc) is 2.94. The van der Waals surface area contributed by atoms with Crippen molar-refractivity contribution < 1.29 is 13.2 Å². The number of alkyl halides is 3. The Bertz CT molecular complexity index is 422. The number of rotatable bonds is 3. The lowest BCUT2D eigenvalue weighted by Crippen LogP contribution is -2.14. The Kier molecular flexibility index (Phi) is 2.72. The van der Waals surface area contributed by atoms with E-state index in [1.165, 1.54) is 6.07 Å². The highest BCUT2D eigenvalue weighted by Gasteiger charge is 2.37. The first-order valence-corrected chi connectivity index (χ1v) is 5.51. The lowest BCUT2D eigenvalue weighted by Gasteiger charge is -2.15. The van der Waals surface area contributed by atoms with Crippen LogP contribution in [0.1, 0.15) is 25.3 Å². The van der Waals surface area contributed by atoms with Crippen LogP contribution in [0.4, 0.5) is 24.5 Å². The fraction of sp³-hybridized carbons (Fsp3) is 0.500.